The molecule has 2 heterocycles. The van der Waals surface area contributed by atoms with E-state index in [4.69, 9.17) is 4.74 Å². The average molecular weight is 460 g/mol. The molecule has 6 nitrogen and oxygen atoms in total. The minimum atomic E-state index is -0.232. The summed E-state index contributed by atoms with van der Waals surface area (Å²) < 4.78 is 6.48. The van der Waals surface area contributed by atoms with Gasteiger partial charge in [0.2, 0.25) is 0 Å². The number of carbonyl (C=O) groups is 1. The first kappa shape index (κ1) is 21.6. The standard InChI is InChI=1S/C26H25N3O3S/c1-32-22-12-11-21(18-5-3-2-4-6-18)24-23(22)27-26(33-24)28-25(31)19-9-7-17(8-10-19)15-29-14-13-20(30)16-29/h2-12,20,30H,13-16H2,1H3,(H,27,28,31). The minimum absolute atomic E-state index is 0.197. The summed E-state index contributed by atoms with van der Waals surface area (Å²) in [4.78, 5) is 19.8. The van der Waals surface area contributed by atoms with Crippen molar-refractivity contribution in [2.45, 2.75) is 19.1 Å². The lowest BCUT2D eigenvalue weighted by Gasteiger charge is -2.14. The van der Waals surface area contributed by atoms with E-state index in [9.17, 15) is 9.90 Å². The molecule has 4 aromatic rings. The van der Waals surface area contributed by atoms with Gasteiger partial charge in [0.1, 0.15) is 11.3 Å². The number of hydrogen-bond donors (Lipinski definition) is 2. The molecule has 5 rings (SSSR count). The normalized spacial score (nSPS) is 16.2. The number of nitrogens with one attached hydrogen (secondary N) is 1. The Morgan fingerprint density at radius 3 is 2.64 bits per heavy atom. The summed E-state index contributed by atoms with van der Waals surface area (Å²) in [7, 11) is 1.62. The van der Waals surface area contributed by atoms with Gasteiger partial charge in [-0.3, -0.25) is 15.0 Å². The van der Waals surface area contributed by atoms with E-state index in [-0.39, 0.29) is 12.0 Å². The molecule has 0 saturated carbocycles. The summed E-state index contributed by atoms with van der Waals surface area (Å²) in [6.45, 7) is 2.38. The molecule has 1 aliphatic rings. The third-order valence-corrected chi connectivity index (χ3v) is 6.91. The van der Waals surface area contributed by atoms with Gasteiger partial charge in [-0.25, -0.2) is 4.98 Å². The largest absolute Gasteiger partial charge is 0.494 e. The zero-order valence-corrected chi connectivity index (χ0v) is 19.1. The molecule has 33 heavy (non-hydrogen) atoms. The number of thiazole rings is 1. The molecule has 7 heteroatoms. The number of β-amino-alcohol motifs (C(OH)–C–C–N with tert-alkyl or cyclic N) is 1. The fraction of sp³-hybridized carbons (Fsp3) is 0.231. The molecule has 1 unspecified atom stereocenters. The Labute approximate surface area is 196 Å². The van der Waals surface area contributed by atoms with E-state index in [1.54, 1.807) is 7.11 Å². The zero-order valence-electron chi connectivity index (χ0n) is 18.3. The molecular weight excluding hydrogens is 434 g/mol. The minimum Gasteiger partial charge on any atom is -0.494 e. The van der Waals surface area contributed by atoms with Crippen LogP contribution in [0.4, 0.5) is 5.13 Å². The first-order valence-corrected chi connectivity index (χ1v) is 11.8. The van der Waals surface area contributed by atoms with Crippen LogP contribution in [0.15, 0.2) is 66.7 Å². The van der Waals surface area contributed by atoms with Crippen molar-refractivity contribution in [3.63, 3.8) is 0 Å². The summed E-state index contributed by atoms with van der Waals surface area (Å²) >= 11 is 1.44. The lowest BCUT2D eigenvalue weighted by atomic mass is 10.1. The molecule has 1 aromatic heterocycles. The third kappa shape index (κ3) is 4.61. The van der Waals surface area contributed by atoms with Gasteiger partial charge in [0, 0.05) is 30.8 Å². The summed E-state index contributed by atoms with van der Waals surface area (Å²) in [5, 5.41) is 13.2. The highest BCUT2D eigenvalue weighted by Crippen LogP contribution is 2.39. The van der Waals surface area contributed by atoms with Crippen LogP contribution in [0.2, 0.25) is 0 Å². The second-order valence-corrected chi connectivity index (χ2v) is 9.21. The third-order valence-electron chi connectivity index (χ3n) is 5.90. The number of fused-ring (bicyclic) bond motifs is 1. The number of ether oxygens (including phenoxy) is 1. The number of rotatable bonds is 6. The number of methoxy groups -OCH3 is 1. The second kappa shape index (κ2) is 9.31. The van der Waals surface area contributed by atoms with Crippen LogP contribution in [0.25, 0.3) is 21.3 Å². The molecule has 1 fully saturated rings. The molecule has 1 saturated heterocycles. The number of aliphatic hydroxyl groups is 1. The number of amides is 1. The van der Waals surface area contributed by atoms with Crippen LogP contribution in [0, 0.1) is 0 Å². The Bertz CT molecular complexity index is 1270. The van der Waals surface area contributed by atoms with E-state index >= 15 is 0 Å². The molecular formula is C26H25N3O3S. The van der Waals surface area contributed by atoms with Gasteiger partial charge in [0.25, 0.3) is 5.91 Å². The van der Waals surface area contributed by atoms with E-state index in [1.165, 1.54) is 11.3 Å². The van der Waals surface area contributed by atoms with E-state index in [1.807, 2.05) is 54.6 Å². The van der Waals surface area contributed by atoms with Crippen molar-refractivity contribution < 1.29 is 14.6 Å². The van der Waals surface area contributed by atoms with Crippen molar-refractivity contribution >= 4 is 32.6 Å². The van der Waals surface area contributed by atoms with Gasteiger partial charge in [-0.1, -0.05) is 53.8 Å². The predicted octanol–water partition coefficient (Wildman–Crippen LogP) is 4.79. The quantitative estimate of drug-likeness (QED) is 0.434. The fourth-order valence-electron chi connectivity index (χ4n) is 4.19. The van der Waals surface area contributed by atoms with Gasteiger partial charge in [0.05, 0.1) is 17.9 Å². The van der Waals surface area contributed by atoms with E-state index in [0.717, 1.165) is 46.4 Å². The highest BCUT2D eigenvalue weighted by molar-refractivity contribution is 7.23. The van der Waals surface area contributed by atoms with Gasteiger partial charge in [-0.2, -0.15) is 0 Å². The average Bonchev–Trinajstić information content (AvgIpc) is 3.45. The number of carbonyl (C=O) groups excluding carboxylic acids is 1. The summed E-state index contributed by atoms with van der Waals surface area (Å²) in [6.07, 6.45) is 0.587. The molecule has 168 valence electrons. The maximum Gasteiger partial charge on any atom is 0.257 e. The molecule has 2 N–H and O–H groups in total. The van der Waals surface area contributed by atoms with Crippen molar-refractivity contribution in [2.75, 3.05) is 25.5 Å². The number of aromatic nitrogens is 1. The first-order chi connectivity index (χ1) is 16.1. The van der Waals surface area contributed by atoms with Gasteiger partial charge in [-0.15, -0.1) is 0 Å². The SMILES string of the molecule is COc1ccc(-c2ccccc2)c2sc(NC(=O)c3ccc(CN4CCC(O)C4)cc3)nc12. The van der Waals surface area contributed by atoms with Gasteiger partial charge in [-0.05, 0) is 41.8 Å². The lowest BCUT2D eigenvalue weighted by Crippen LogP contribution is -2.21. The maximum absolute atomic E-state index is 12.9. The molecule has 0 spiro atoms. The summed E-state index contributed by atoms with van der Waals surface area (Å²) in [5.74, 6) is 0.482. The molecule has 0 radical (unpaired) electrons. The highest BCUT2D eigenvalue weighted by atomic mass is 32.1. The Morgan fingerprint density at radius 1 is 1.15 bits per heavy atom. The highest BCUT2D eigenvalue weighted by Gasteiger charge is 2.20. The van der Waals surface area contributed by atoms with Crippen molar-refractivity contribution in [1.82, 2.24) is 9.88 Å². The fourth-order valence-corrected chi connectivity index (χ4v) is 5.20. The van der Waals surface area contributed by atoms with Crippen LogP contribution in [0.3, 0.4) is 0 Å². The monoisotopic (exact) mass is 459 g/mol. The molecule has 1 aliphatic heterocycles. The number of likely N-dealkylation sites (tertiary alicyclic amines) is 1. The Hall–Kier alpha value is -3.26. The Kier molecular flexibility index (Phi) is 6.09. The van der Waals surface area contributed by atoms with E-state index in [2.05, 4.69) is 27.3 Å². The van der Waals surface area contributed by atoms with Gasteiger partial charge in [0.15, 0.2) is 5.13 Å². The number of anilines is 1. The summed E-state index contributed by atoms with van der Waals surface area (Å²) in [5.41, 5.74) is 4.59. The molecule has 0 bridgehead atoms. The Balaban J connectivity index is 1.36. The lowest BCUT2D eigenvalue weighted by molar-refractivity contribution is 0.102. The van der Waals surface area contributed by atoms with Gasteiger partial charge < -0.3 is 9.84 Å². The van der Waals surface area contributed by atoms with Crippen LogP contribution >= 0.6 is 11.3 Å². The van der Waals surface area contributed by atoms with Gasteiger partial charge >= 0.3 is 0 Å². The van der Waals surface area contributed by atoms with Crippen molar-refractivity contribution in [2.24, 2.45) is 0 Å². The van der Waals surface area contributed by atoms with Crippen molar-refractivity contribution in [3.05, 3.63) is 77.9 Å². The Morgan fingerprint density at radius 2 is 1.94 bits per heavy atom. The van der Waals surface area contributed by atoms with Crippen LogP contribution in [0.5, 0.6) is 5.75 Å². The van der Waals surface area contributed by atoms with E-state index < -0.39 is 0 Å². The molecule has 1 atom stereocenters. The van der Waals surface area contributed by atoms with Crippen LogP contribution < -0.4 is 10.1 Å². The number of hydrogen-bond acceptors (Lipinski definition) is 6. The molecule has 3 aromatic carbocycles. The van der Waals surface area contributed by atoms with Crippen molar-refractivity contribution in [1.29, 1.82) is 0 Å². The number of aliphatic hydroxyl groups excluding tert-OH is 1. The van der Waals surface area contributed by atoms with Crippen molar-refractivity contribution in [3.8, 4) is 16.9 Å². The second-order valence-electron chi connectivity index (χ2n) is 8.21. The maximum atomic E-state index is 12.9. The van der Waals surface area contributed by atoms with E-state index in [0.29, 0.717) is 23.0 Å². The summed E-state index contributed by atoms with van der Waals surface area (Å²) in [6, 6.07) is 21.7. The molecule has 0 aliphatic carbocycles. The zero-order chi connectivity index (χ0) is 22.8. The smallest absolute Gasteiger partial charge is 0.257 e. The van der Waals surface area contributed by atoms with Crippen LogP contribution in [-0.2, 0) is 6.54 Å². The van der Waals surface area contributed by atoms with Crippen LogP contribution in [0.1, 0.15) is 22.3 Å². The topological polar surface area (TPSA) is 74.7 Å². The molecule has 1 amide bonds. The number of benzene rings is 3. The number of nitrogens with zero attached hydrogens (tertiary/aromatic N) is 2. The first-order valence-electron chi connectivity index (χ1n) is 10.9. The predicted molar refractivity (Wildman–Crippen MR) is 132 cm³/mol. The van der Waals surface area contributed by atoms with Crippen LogP contribution in [-0.4, -0.2) is 47.2 Å².